The molecule has 11 atom stereocenters. The number of carbonyl (C=O) groups excluding carboxylic acids is 2. The lowest BCUT2D eigenvalue weighted by atomic mass is 9.97. The van der Waals surface area contributed by atoms with Gasteiger partial charge in [-0.3, -0.25) is 9.68 Å². The highest BCUT2D eigenvalue weighted by atomic mass is 17.2. The maximum absolute atomic E-state index is 12.6. The molecule has 0 bridgehead atoms. The molecule has 2 aliphatic heterocycles. The summed E-state index contributed by atoms with van der Waals surface area (Å²) in [6, 6.07) is 8.86. The van der Waals surface area contributed by atoms with Gasteiger partial charge >= 0.3 is 17.9 Å². The summed E-state index contributed by atoms with van der Waals surface area (Å²) in [4.78, 5) is 46.4. The van der Waals surface area contributed by atoms with Crippen molar-refractivity contribution in [2.75, 3.05) is 34.0 Å². The molecule has 9 N–H and O–H groups in total. The number of hydrogen-bond donors (Lipinski definition) is 9. The van der Waals surface area contributed by atoms with Crippen molar-refractivity contribution in [3.8, 4) is 23.0 Å². The Hall–Kier alpha value is -4.91. The van der Waals surface area contributed by atoms with E-state index in [9.17, 15) is 60.3 Å². The van der Waals surface area contributed by atoms with Crippen molar-refractivity contribution in [1.29, 1.82) is 0 Å². The van der Waals surface area contributed by atoms with E-state index in [4.69, 9.17) is 38.0 Å². The molecule has 21 nitrogen and oxygen atoms in total. The highest BCUT2D eigenvalue weighted by Crippen LogP contribution is 2.41. The molecular formula is C38H48O21. The topological polar surface area (TPSA) is 316 Å². The molecule has 0 saturated carbocycles. The molecule has 2 aromatic carbocycles. The van der Waals surface area contributed by atoms with Gasteiger partial charge in [0.2, 0.25) is 12.0 Å². The van der Waals surface area contributed by atoms with Crippen LogP contribution in [0.2, 0.25) is 0 Å². The number of aliphatic hydroxyl groups excluding tert-OH is 7. The summed E-state index contributed by atoms with van der Waals surface area (Å²) >= 11 is 0. The van der Waals surface area contributed by atoms with Gasteiger partial charge in [-0.15, -0.1) is 0 Å². The summed E-state index contributed by atoms with van der Waals surface area (Å²) in [6.45, 7) is -0.521. The molecule has 2 fully saturated rings. The monoisotopic (exact) mass is 840 g/mol. The maximum atomic E-state index is 12.6. The van der Waals surface area contributed by atoms with E-state index >= 15 is 0 Å². The first-order valence-electron chi connectivity index (χ1n) is 18.0. The van der Waals surface area contributed by atoms with Gasteiger partial charge in [0.15, 0.2) is 23.4 Å². The molecule has 0 aromatic heterocycles. The Labute approximate surface area is 336 Å². The average molecular weight is 841 g/mol. The van der Waals surface area contributed by atoms with Crippen LogP contribution in [0.4, 0.5) is 0 Å². The van der Waals surface area contributed by atoms with Crippen molar-refractivity contribution in [1.82, 2.24) is 0 Å². The number of carboxylic acids is 1. The summed E-state index contributed by atoms with van der Waals surface area (Å²) < 4.78 is 38.2. The van der Waals surface area contributed by atoms with Crippen LogP contribution in [0.15, 0.2) is 48.6 Å². The van der Waals surface area contributed by atoms with E-state index in [1.165, 1.54) is 68.8 Å². The van der Waals surface area contributed by atoms with Crippen LogP contribution in [0, 0.1) is 0 Å². The highest BCUT2D eigenvalue weighted by Gasteiger charge is 2.49. The predicted octanol–water partition coefficient (Wildman–Crippen LogP) is -1.22. The fourth-order valence-corrected chi connectivity index (χ4v) is 5.69. The zero-order valence-corrected chi connectivity index (χ0v) is 32.0. The Bertz CT molecular complexity index is 1740. The molecule has 2 heterocycles. The third-order valence-electron chi connectivity index (χ3n) is 9.20. The first kappa shape index (κ1) is 46.8. The number of methoxy groups -OCH3 is 2. The lowest BCUT2D eigenvalue weighted by Gasteiger charge is -2.42. The normalized spacial score (nSPS) is 28.2. The van der Waals surface area contributed by atoms with Gasteiger partial charge in [-0.05, 0) is 60.9 Å². The summed E-state index contributed by atoms with van der Waals surface area (Å²) in [7, 11) is 2.64. The van der Waals surface area contributed by atoms with Crippen molar-refractivity contribution >= 4 is 30.1 Å². The molecule has 21 heteroatoms. The molecular weight excluding hydrogens is 792 g/mol. The van der Waals surface area contributed by atoms with E-state index in [0.717, 1.165) is 13.0 Å². The number of carboxylic acid groups (broad SMARTS) is 1. The smallest absolute Gasteiger partial charge is 0.365 e. The van der Waals surface area contributed by atoms with Crippen LogP contribution in [0.25, 0.3) is 12.2 Å². The number of aliphatic carboxylic acids is 1. The van der Waals surface area contributed by atoms with Gasteiger partial charge < -0.3 is 79.1 Å². The van der Waals surface area contributed by atoms with E-state index in [1.54, 1.807) is 0 Å². The Morgan fingerprint density at radius 3 is 1.98 bits per heavy atom. The molecule has 1 unspecified atom stereocenters. The molecule has 326 valence electrons. The van der Waals surface area contributed by atoms with Gasteiger partial charge in [0.05, 0.1) is 20.8 Å². The van der Waals surface area contributed by atoms with E-state index in [0.29, 0.717) is 11.1 Å². The van der Waals surface area contributed by atoms with Gasteiger partial charge in [0, 0.05) is 12.5 Å². The summed E-state index contributed by atoms with van der Waals surface area (Å²) in [5.74, 6) is -3.18. The third kappa shape index (κ3) is 12.3. The Morgan fingerprint density at radius 2 is 1.39 bits per heavy atom. The standard InChI is InChI=1S/C38H48O21/c1-38(37(49)50,58-36-33(48)31(46)29(44)25(56-36)18-54-59-27(42)11-8-19-6-9-21(40)10-7-19)13-12-26(41)53-14-4-5-20-15-22(51-2)34(23(16-20)52-3)57-35-32(47)30(45)28(43)24(17-39)55-35/h4-11,15-16,24-25,28-33,35-36,39-40,43-48H,12-14,17-18H2,1-3H3,(H,49,50)/b5-4+,11-8+/t24-,25-,28-,29-,30+,31+,32-,33-,35+,36+,38?/m1/s1. The molecule has 59 heavy (non-hydrogen) atoms. The SMILES string of the molecule is COc1cc(/C=C/COC(=O)CCC(C)(O[C@@H]2O[C@H](COOC(=O)/C=C/c3ccc(O)cc3)[C@@H](O)[C@H](O)[C@H]2O)C(=O)O)cc(OC)c1O[C@@H]1O[C@H](CO)[C@@H](O)[C@H](O)[C@H]1O. The number of aromatic hydroxyl groups is 1. The molecule has 2 saturated heterocycles. The van der Waals surface area contributed by atoms with E-state index in [1.807, 2.05) is 0 Å². The summed E-state index contributed by atoms with van der Waals surface area (Å²) in [5.41, 5.74) is -1.17. The Kier molecular flexibility index (Phi) is 16.9. The Morgan fingerprint density at radius 1 is 0.797 bits per heavy atom. The summed E-state index contributed by atoms with van der Waals surface area (Å²) in [6.07, 6.45) is -12.3. The molecule has 2 aliphatic rings. The van der Waals surface area contributed by atoms with Gasteiger partial charge in [0.25, 0.3) is 0 Å². The molecule has 0 spiro atoms. The van der Waals surface area contributed by atoms with Crippen LogP contribution < -0.4 is 14.2 Å². The van der Waals surface area contributed by atoms with Crippen LogP contribution in [-0.2, 0) is 43.1 Å². The van der Waals surface area contributed by atoms with Gasteiger partial charge in [-0.1, -0.05) is 18.2 Å². The summed E-state index contributed by atoms with van der Waals surface area (Å²) in [5, 5.41) is 90.7. The molecule has 4 rings (SSSR count). The second-order valence-electron chi connectivity index (χ2n) is 13.4. The predicted molar refractivity (Wildman–Crippen MR) is 196 cm³/mol. The number of carbonyl (C=O) groups is 3. The second-order valence-corrected chi connectivity index (χ2v) is 13.4. The number of ether oxygens (including phenoxy) is 7. The van der Waals surface area contributed by atoms with E-state index < -0.39 is 111 Å². The fourth-order valence-electron chi connectivity index (χ4n) is 5.69. The zero-order chi connectivity index (χ0) is 43.4. The zero-order valence-electron chi connectivity index (χ0n) is 32.0. The first-order chi connectivity index (χ1) is 28.0. The van der Waals surface area contributed by atoms with Crippen LogP contribution in [-0.4, -0.2) is 165 Å². The van der Waals surface area contributed by atoms with Crippen molar-refractivity contribution in [3.63, 3.8) is 0 Å². The average Bonchev–Trinajstić information content (AvgIpc) is 3.22. The Balaban J connectivity index is 1.29. The number of phenolic OH excluding ortho intramolecular Hbond substituents is 1. The second kappa shape index (κ2) is 21.4. The van der Waals surface area contributed by atoms with Crippen LogP contribution in [0.5, 0.6) is 23.0 Å². The van der Waals surface area contributed by atoms with Gasteiger partial charge in [0.1, 0.15) is 67.8 Å². The van der Waals surface area contributed by atoms with Gasteiger partial charge in [-0.2, -0.15) is 4.89 Å². The number of aliphatic hydroxyl groups is 7. The van der Waals surface area contributed by atoms with Crippen LogP contribution in [0.1, 0.15) is 30.9 Å². The minimum atomic E-state index is -2.19. The third-order valence-corrected chi connectivity index (χ3v) is 9.20. The molecule has 0 amide bonds. The number of rotatable bonds is 19. The molecule has 0 radical (unpaired) electrons. The number of phenols is 1. The fraction of sp³-hybridized carbons (Fsp3) is 0.500. The lowest BCUT2D eigenvalue weighted by molar-refractivity contribution is -0.346. The minimum Gasteiger partial charge on any atom is -0.508 e. The van der Waals surface area contributed by atoms with Crippen molar-refractivity contribution in [2.24, 2.45) is 0 Å². The first-order valence-corrected chi connectivity index (χ1v) is 18.0. The molecule has 0 aliphatic carbocycles. The largest absolute Gasteiger partial charge is 0.508 e. The number of esters is 1. The number of benzene rings is 2. The van der Waals surface area contributed by atoms with E-state index in [2.05, 4.69) is 4.89 Å². The maximum Gasteiger partial charge on any atom is 0.365 e. The van der Waals surface area contributed by atoms with Crippen molar-refractivity contribution in [2.45, 2.75) is 86.8 Å². The van der Waals surface area contributed by atoms with Crippen molar-refractivity contribution < 1.29 is 103 Å². The number of hydrogen-bond acceptors (Lipinski definition) is 20. The minimum absolute atomic E-state index is 0.0282. The highest BCUT2D eigenvalue weighted by molar-refractivity contribution is 5.86. The van der Waals surface area contributed by atoms with E-state index in [-0.39, 0.29) is 29.6 Å². The van der Waals surface area contributed by atoms with Crippen LogP contribution in [0.3, 0.4) is 0 Å². The molecule has 2 aromatic rings. The lowest BCUT2D eigenvalue weighted by Crippen LogP contribution is -2.61. The van der Waals surface area contributed by atoms with Gasteiger partial charge in [-0.25, -0.2) is 9.59 Å². The van der Waals surface area contributed by atoms with Crippen LogP contribution >= 0.6 is 0 Å². The van der Waals surface area contributed by atoms with Crippen molar-refractivity contribution in [3.05, 3.63) is 59.7 Å². The quantitative estimate of drug-likeness (QED) is 0.0346.